The summed E-state index contributed by atoms with van der Waals surface area (Å²) in [5, 5.41) is 20.6. The first-order valence-electron chi connectivity index (χ1n) is 3.82. The molecule has 0 radical (unpaired) electrons. The van der Waals surface area contributed by atoms with Crippen LogP contribution in [0.2, 0.25) is 0 Å². The number of hydrogen-bond acceptors (Lipinski definition) is 5. The Morgan fingerprint density at radius 3 is 2.31 bits per heavy atom. The van der Waals surface area contributed by atoms with Crippen LogP contribution in [0.4, 0.5) is 0 Å². The van der Waals surface area contributed by atoms with E-state index < -0.39 is 27.7 Å². The van der Waals surface area contributed by atoms with Crippen LogP contribution < -0.4 is 0 Å². The second-order valence-corrected chi connectivity index (χ2v) is 2.98. The highest BCUT2D eigenvalue weighted by Gasteiger charge is 2.42. The molecule has 0 aromatic heterocycles. The molecular formula is C6H8N2O5. The molecule has 0 aromatic carbocycles. The predicted octanol–water partition coefficient (Wildman–Crippen LogP) is 0.0300. The first-order chi connectivity index (χ1) is 6.02. The SMILES string of the molecule is O=C1CCC([N+](=O)[O-])CC1[N+](=O)[O-]. The van der Waals surface area contributed by atoms with Crippen molar-refractivity contribution in [1.29, 1.82) is 0 Å². The molecule has 13 heavy (non-hydrogen) atoms. The van der Waals surface area contributed by atoms with E-state index in [-0.39, 0.29) is 19.3 Å². The maximum Gasteiger partial charge on any atom is 0.276 e. The van der Waals surface area contributed by atoms with E-state index >= 15 is 0 Å². The molecule has 1 saturated carbocycles. The molecule has 1 aliphatic rings. The predicted molar refractivity (Wildman–Crippen MR) is 40.4 cm³/mol. The van der Waals surface area contributed by atoms with Crippen molar-refractivity contribution in [3.05, 3.63) is 20.2 Å². The third-order valence-electron chi connectivity index (χ3n) is 2.14. The van der Waals surface area contributed by atoms with Crippen molar-refractivity contribution in [3.8, 4) is 0 Å². The monoisotopic (exact) mass is 188 g/mol. The van der Waals surface area contributed by atoms with Gasteiger partial charge in [-0.2, -0.15) is 0 Å². The zero-order valence-electron chi connectivity index (χ0n) is 6.71. The van der Waals surface area contributed by atoms with Crippen LogP contribution in [0.3, 0.4) is 0 Å². The Morgan fingerprint density at radius 1 is 1.23 bits per heavy atom. The quantitative estimate of drug-likeness (QED) is 0.449. The second kappa shape index (κ2) is 3.46. The van der Waals surface area contributed by atoms with Gasteiger partial charge >= 0.3 is 0 Å². The maximum absolute atomic E-state index is 10.9. The van der Waals surface area contributed by atoms with E-state index in [0.29, 0.717) is 0 Å². The maximum atomic E-state index is 10.9. The normalized spacial score (nSPS) is 28.5. The Kier molecular flexibility index (Phi) is 2.54. The van der Waals surface area contributed by atoms with E-state index in [0.717, 1.165) is 0 Å². The minimum atomic E-state index is -1.37. The van der Waals surface area contributed by atoms with Crippen LogP contribution in [0.15, 0.2) is 0 Å². The average molecular weight is 188 g/mol. The zero-order chi connectivity index (χ0) is 10.0. The summed E-state index contributed by atoms with van der Waals surface area (Å²) < 4.78 is 0. The summed E-state index contributed by atoms with van der Waals surface area (Å²) in [6.45, 7) is 0. The molecule has 1 fully saturated rings. The van der Waals surface area contributed by atoms with Gasteiger partial charge in [-0.3, -0.25) is 25.0 Å². The topological polar surface area (TPSA) is 103 Å². The van der Waals surface area contributed by atoms with Gasteiger partial charge in [-0.05, 0) is 0 Å². The zero-order valence-corrected chi connectivity index (χ0v) is 6.71. The summed E-state index contributed by atoms with van der Waals surface area (Å²) >= 11 is 0. The lowest BCUT2D eigenvalue weighted by Crippen LogP contribution is -2.40. The Hall–Kier alpha value is -1.53. The summed E-state index contributed by atoms with van der Waals surface area (Å²) in [5.41, 5.74) is 0. The van der Waals surface area contributed by atoms with E-state index in [1.165, 1.54) is 0 Å². The second-order valence-electron chi connectivity index (χ2n) is 2.98. The number of carbonyl (C=O) groups excluding carboxylic acids is 1. The number of Topliss-reactive ketones (excluding diaryl/α,β-unsaturated/α-hetero) is 1. The van der Waals surface area contributed by atoms with Crippen molar-refractivity contribution in [3.63, 3.8) is 0 Å². The summed E-state index contributed by atoms with van der Waals surface area (Å²) in [4.78, 5) is 30.2. The third-order valence-corrected chi connectivity index (χ3v) is 2.14. The standard InChI is InChI=1S/C6H8N2O5/c9-6-2-1-4(7(10)11)3-5(6)8(12)13/h4-5H,1-3H2. The average Bonchev–Trinajstić information content (AvgIpc) is 2.04. The lowest BCUT2D eigenvalue weighted by Gasteiger charge is -2.16. The first kappa shape index (κ1) is 9.56. The Bertz CT molecular complexity index is 264. The molecule has 0 spiro atoms. The minimum Gasteiger partial charge on any atom is -0.292 e. The Balaban J connectivity index is 2.68. The molecular weight excluding hydrogens is 180 g/mol. The van der Waals surface area contributed by atoms with Gasteiger partial charge < -0.3 is 0 Å². The summed E-state index contributed by atoms with van der Waals surface area (Å²) in [7, 11) is 0. The largest absolute Gasteiger partial charge is 0.292 e. The molecule has 7 heteroatoms. The van der Waals surface area contributed by atoms with Gasteiger partial charge in [0.2, 0.25) is 11.8 Å². The number of ketones is 1. The molecule has 0 heterocycles. The van der Waals surface area contributed by atoms with Gasteiger partial charge in [-0.25, -0.2) is 0 Å². The fourth-order valence-corrected chi connectivity index (χ4v) is 1.38. The van der Waals surface area contributed by atoms with Crippen LogP contribution in [0.1, 0.15) is 19.3 Å². The van der Waals surface area contributed by atoms with Crippen LogP contribution in [0.5, 0.6) is 0 Å². The lowest BCUT2D eigenvalue weighted by molar-refractivity contribution is -0.556. The molecule has 0 aliphatic heterocycles. The summed E-state index contributed by atoms with van der Waals surface area (Å²) in [6, 6.07) is -2.31. The molecule has 0 saturated heterocycles. The number of carbonyl (C=O) groups is 1. The van der Waals surface area contributed by atoms with E-state index in [4.69, 9.17) is 0 Å². The van der Waals surface area contributed by atoms with Gasteiger partial charge in [0.1, 0.15) is 0 Å². The molecule has 1 aliphatic carbocycles. The molecule has 0 amide bonds. The van der Waals surface area contributed by atoms with Gasteiger partial charge in [0.05, 0.1) is 6.42 Å². The van der Waals surface area contributed by atoms with Crippen molar-refractivity contribution in [1.82, 2.24) is 0 Å². The molecule has 2 atom stereocenters. The number of nitro groups is 2. The third kappa shape index (κ3) is 1.98. The van der Waals surface area contributed by atoms with Crippen LogP contribution >= 0.6 is 0 Å². The minimum absolute atomic E-state index is 0.0582. The van der Waals surface area contributed by atoms with Crippen LogP contribution in [0.25, 0.3) is 0 Å². The molecule has 0 N–H and O–H groups in total. The van der Waals surface area contributed by atoms with E-state index in [2.05, 4.69) is 0 Å². The van der Waals surface area contributed by atoms with Crippen LogP contribution in [0, 0.1) is 20.2 Å². The van der Waals surface area contributed by atoms with Crippen molar-refractivity contribution >= 4 is 5.78 Å². The fraction of sp³-hybridized carbons (Fsp3) is 0.833. The molecule has 0 aromatic rings. The molecule has 1 rings (SSSR count). The highest BCUT2D eigenvalue weighted by molar-refractivity contribution is 5.83. The number of hydrogen-bond donors (Lipinski definition) is 0. The van der Waals surface area contributed by atoms with Crippen LogP contribution in [-0.4, -0.2) is 27.7 Å². The fourth-order valence-electron chi connectivity index (χ4n) is 1.38. The molecule has 2 unspecified atom stereocenters. The van der Waals surface area contributed by atoms with E-state index in [9.17, 15) is 25.0 Å². The Labute approximate surface area is 73.0 Å². The van der Waals surface area contributed by atoms with Gasteiger partial charge in [-0.1, -0.05) is 0 Å². The van der Waals surface area contributed by atoms with Crippen molar-refractivity contribution in [2.75, 3.05) is 0 Å². The Morgan fingerprint density at radius 2 is 1.85 bits per heavy atom. The van der Waals surface area contributed by atoms with Gasteiger partial charge in [0, 0.05) is 22.7 Å². The highest BCUT2D eigenvalue weighted by atomic mass is 16.6. The smallest absolute Gasteiger partial charge is 0.276 e. The van der Waals surface area contributed by atoms with E-state index in [1.807, 2.05) is 0 Å². The van der Waals surface area contributed by atoms with Gasteiger partial charge in [0.25, 0.3) is 6.04 Å². The van der Waals surface area contributed by atoms with Gasteiger partial charge in [0.15, 0.2) is 0 Å². The van der Waals surface area contributed by atoms with Crippen molar-refractivity contribution in [2.24, 2.45) is 0 Å². The first-order valence-corrected chi connectivity index (χ1v) is 3.82. The molecule has 72 valence electrons. The summed E-state index contributed by atoms with van der Waals surface area (Å²) in [6.07, 6.45) is -0.202. The number of rotatable bonds is 2. The molecule has 7 nitrogen and oxygen atoms in total. The van der Waals surface area contributed by atoms with Gasteiger partial charge in [-0.15, -0.1) is 0 Å². The number of nitrogens with zero attached hydrogens (tertiary/aromatic N) is 2. The highest BCUT2D eigenvalue weighted by Crippen LogP contribution is 2.19. The van der Waals surface area contributed by atoms with E-state index in [1.54, 1.807) is 0 Å². The van der Waals surface area contributed by atoms with Crippen molar-refractivity contribution in [2.45, 2.75) is 31.3 Å². The van der Waals surface area contributed by atoms with Crippen molar-refractivity contribution < 1.29 is 14.6 Å². The van der Waals surface area contributed by atoms with Crippen LogP contribution in [-0.2, 0) is 4.79 Å². The lowest BCUT2D eigenvalue weighted by atomic mass is 9.91. The molecule has 0 bridgehead atoms. The summed E-state index contributed by atoms with van der Waals surface area (Å²) in [5.74, 6) is -0.497.